The first-order valence-corrected chi connectivity index (χ1v) is 6.50. The average Bonchev–Trinajstić information content (AvgIpc) is 2.32. The third kappa shape index (κ3) is 2.80. The molecular weight excluding hydrogens is 364 g/mol. The van der Waals surface area contributed by atoms with Crippen molar-refractivity contribution in [2.24, 2.45) is 0 Å². The predicted octanol–water partition coefficient (Wildman–Crippen LogP) is 4.57. The molecule has 0 bridgehead atoms. The van der Waals surface area contributed by atoms with Crippen LogP contribution < -0.4 is 10.5 Å². The number of rotatable bonds is 2. The molecule has 2 rings (SSSR count). The Kier molecular flexibility index (Phi) is 4.17. The van der Waals surface area contributed by atoms with E-state index >= 15 is 0 Å². The highest BCUT2D eigenvalue weighted by molar-refractivity contribution is 9.10. The molecule has 0 unspecified atom stereocenters. The van der Waals surface area contributed by atoms with E-state index in [2.05, 4.69) is 25.9 Å². The molecule has 1 heterocycles. The van der Waals surface area contributed by atoms with Crippen LogP contribution in [0.25, 0.3) is 0 Å². The van der Waals surface area contributed by atoms with Crippen molar-refractivity contribution in [3.63, 3.8) is 0 Å². The lowest BCUT2D eigenvalue weighted by atomic mass is 10.3. The summed E-state index contributed by atoms with van der Waals surface area (Å²) in [5.41, 5.74) is 5.54. The number of hydrogen-bond acceptors (Lipinski definition) is 4. The van der Waals surface area contributed by atoms with E-state index in [4.69, 9.17) is 45.3 Å². The van der Waals surface area contributed by atoms with Crippen molar-refractivity contribution < 1.29 is 4.74 Å². The second kappa shape index (κ2) is 5.48. The molecule has 0 aliphatic rings. The van der Waals surface area contributed by atoms with Crippen molar-refractivity contribution in [3.8, 4) is 11.6 Å². The summed E-state index contributed by atoms with van der Waals surface area (Å²) >= 11 is 21.1. The Morgan fingerprint density at radius 2 is 1.83 bits per heavy atom. The van der Waals surface area contributed by atoms with Crippen LogP contribution in [-0.2, 0) is 0 Å². The van der Waals surface area contributed by atoms with Gasteiger partial charge in [0.2, 0.25) is 5.88 Å². The lowest BCUT2D eigenvalue weighted by Crippen LogP contribution is -1.96. The van der Waals surface area contributed by atoms with E-state index in [9.17, 15) is 0 Å². The molecule has 0 saturated carbocycles. The number of aromatic nitrogens is 2. The fraction of sp³-hybridized carbons (Fsp3) is 0. The molecule has 1 aromatic heterocycles. The lowest BCUT2D eigenvalue weighted by Gasteiger charge is -2.09. The molecule has 1 aromatic carbocycles. The Bertz CT molecular complexity index is 609. The van der Waals surface area contributed by atoms with Crippen LogP contribution in [0.3, 0.4) is 0 Å². The highest BCUT2D eigenvalue weighted by Gasteiger charge is 2.12. The van der Waals surface area contributed by atoms with Gasteiger partial charge in [-0.1, -0.05) is 34.8 Å². The van der Waals surface area contributed by atoms with Gasteiger partial charge in [0, 0.05) is 10.5 Å². The molecule has 4 nitrogen and oxygen atoms in total. The first kappa shape index (κ1) is 13.7. The molecule has 0 radical (unpaired) electrons. The Hall–Kier alpha value is -0.750. The molecule has 0 fully saturated rings. The van der Waals surface area contributed by atoms with Crippen LogP contribution in [-0.4, -0.2) is 9.97 Å². The number of ether oxygens (including phenoxy) is 1. The minimum atomic E-state index is 0.115. The summed E-state index contributed by atoms with van der Waals surface area (Å²) in [6, 6.07) is 3.15. The first-order valence-electron chi connectivity index (χ1n) is 4.57. The zero-order chi connectivity index (χ0) is 13.3. The number of nitrogen functional groups attached to an aromatic ring is 1. The van der Waals surface area contributed by atoms with Gasteiger partial charge < -0.3 is 10.5 Å². The topological polar surface area (TPSA) is 61.0 Å². The molecule has 0 amide bonds. The largest absolute Gasteiger partial charge is 0.436 e. The summed E-state index contributed by atoms with van der Waals surface area (Å²) in [5.74, 6) is 0.565. The van der Waals surface area contributed by atoms with E-state index in [-0.39, 0.29) is 16.7 Å². The summed E-state index contributed by atoms with van der Waals surface area (Å²) < 4.78 is 6.12. The van der Waals surface area contributed by atoms with Crippen molar-refractivity contribution in [2.75, 3.05) is 5.73 Å². The van der Waals surface area contributed by atoms with Gasteiger partial charge in [0.25, 0.3) is 0 Å². The summed E-state index contributed by atoms with van der Waals surface area (Å²) in [6.45, 7) is 0. The minimum absolute atomic E-state index is 0.115. The zero-order valence-electron chi connectivity index (χ0n) is 8.62. The van der Waals surface area contributed by atoms with E-state index in [0.29, 0.717) is 20.3 Å². The maximum absolute atomic E-state index is 6.01. The maximum Gasteiger partial charge on any atom is 0.243 e. The average molecular weight is 369 g/mol. The molecule has 0 saturated heterocycles. The molecule has 0 spiro atoms. The normalized spacial score (nSPS) is 10.4. The summed E-state index contributed by atoms with van der Waals surface area (Å²) in [4.78, 5) is 7.59. The van der Waals surface area contributed by atoms with Gasteiger partial charge in [-0.15, -0.1) is 0 Å². The Morgan fingerprint density at radius 1 is 1.11 bits per heavy atom. The Morgan fingerprint density at radius 3 is 2.56 bits per heavy atom. The fourth-order valence-corrected chi connectivity index (χ4v) is 2.09. The smallest absolute Gasteiger partial charge is 0.243 e. The van der Waals surface area contributed by atoms with Crippen molar-refractivity contribution in [3.05, 3.63) is 38.0 Å². The second-order valence-corrected chi connectivity index (χ2v) is 5.22. The van der Waals surface area contributed by atoms with Crippen LogP contribution in [0, 0.1) is 0 Å². The second-order valence-electron chi connectivity index (χ2n) is 3.18. The number of anilines is 1. The number of nitrogens with zero attached hydrogens (tertiary/aromatic N) is 2. The first-order chi connectivity index (χ1) is 8.49. The Labute approximate surface area is 126 Å². The van der Waals surface area contributed by atoms with Crippen LogP contribution in [0.4, 0.5) is 5.82 Å². The third-order valence-corrected chi connectivity index (χ3v) is 3.81. The van der Waals surface area contributed by atoms with Crippen molar-refractivity contribution in [1.29, 1.82) is 0 Å². The molecule has 0 aliphatic carbocycles. The van der Waals surface area contributed by atoms with E-state index in [1.165, 1.54) is 6.33 Å². The van der Waals surface area contributed by atoms with E-state index < -0.39 is 0 Å². The van der Waals surface area contributed by atoms with Gasteiger partial charge >= 0.3 is 0 Å². The Balaban J connectivity index is 2.40. The highest BCUT2D eigenvalue weighted by atomic mass is 79.9. The van der Waals surface area contributed by atoms with Gasteiger partial charge in [0.1, 0.15) is 22.9 Å². The highest BCUT2D eigenvalue weighted by Crippen LogP contribution is 2.38. The maximum atomic E-state index is 6.01. The number of halogens is 4. The van der Waals surface area contributed by atoms with Gasteiger partial charge in [0.05, 0.1) is 10.0 Å². The van der Waals surface area contributed by atoms with Gasteiger partial charge in [-0.2, -0.15) is 4.98 Å². The molecule has 94 valence electrons. The molecular formula is C10H5BrCl3N3O. The van der Waals surface area contributed by atoms with E-state index in [0.717, 1.165) is 0 Å². The van der Waals surface area contributed by atoms with Crippen molar-refractivity contribution in [2.45, 2.75) is 0 Å². The zero-order valence-corrected chi connectivity index (χ0v) is 12.5. The van der Waals surface area contributed by atoms with Crippen molar-refractivity contribution >= 4 is 56.6 Å². The van der Waals surface area contributed by atoms with Gasteiger partial charge in [-0.25, -0.2) is 4.98 Å². The van der Waals surface area contributed by atoms with Crippen LogP contribution in [0.2, 0.25) is 15.1 Å². The number of nitrogens with two attached hydrogens (primary N) is 1. The standard InChI is InChI=1S/C10H5BrCl3N3O/c11-4-1-6(13)7(2-5(4)12)18-10-8(14)9(15)16-3-17-10/h1-3H,(H2,15,16,17). The number of hydrogen-bond donors (Lipinski definition) is 1. The molecule has 2 N–H and O–H groups in total. The van der Waals surface area contributed by atoms with Crippen LogP contribution in [0.5, 0.6) is 11.6 Å². The third-order valence-electron chi connectivity index (χ3n) is 1.97. The molecule has 0 aliphatic heterocycles. The van der Waals surface area contributed by atoms with E-state index in [1.807, 2.05) is 0 Å². The van der Waals surface area contributed by atoms with Crippen LogP contribution in [0.15, 0.2) is 22.9 Å². The van der Waals surface area contributed by atoms with E-state index in [1.54, 1.807) is 12.1 Å². The van der Waals surface area contributed by atoms with Crippen LogP contribution >= 0.6 is 50.7 Å². The minimum Gasteiger partial charge on any atom is -0.436 e. The van der Waals surface area contributed by atoms with Gasteiger partial charge in [-0.05, 0) is 22.0 Å². The van der Waals surface area contributed by atoms with Gasteiger partial charge in [-0.3, -0.25) is 0 Å². The molecule has 18 heavy (non-hydrogen) atoms. The molecule has 8 heteroatoms. The van der Waals surface area contributed by atoms with Gasteiger partial charge in [0.15, 0.2) is 0 Å². The fourth-order valence-electron chi connectivity index (χ4n) is 1.12. The number of benzene rings is 1. The predicted molar refractivity (Wildman–Crippen MR) is 75.7 cm³/mol. The summed E-state index contributed by atoms with van der Waals surface area (Å²) in [5, 5.41) is 0.930. The quantitative estimate of drug-likeness (QED) is 0.788. The van der Waals surface area contributed by atoms with Crippen molar-refractivity contribution in [1.82, 2.24) is 9.97 Å². The molecule has 2 aromatic rings. The van der Waals surface area contributed by atoms with Crippen LogP contribution in [0.1, 0.15) is 0 Å². The summed E-state index contributed by atoms with van der Waals surface area (Å²) in [6.07, 6.45) is 1.24. The molecule has 0 atom stereocenters. The SMILES string of the molecule is Nc1ncnc(Oc2cc(Cl)c(Br)cc2Cl)c1Cl. The lowest BCUT2D eigenvalue weighted by molar-refractivity contribution is 0.462. The monoisotopic (exact) mass is 367 g/mol. The summed E-state index contributed by atoms with van der Waals surface area (Å²) in [7, 11) is 0.